The third-order valence-corrected chi connectivity index (χ3v) is 6.08. The number of halogens is 2. The number of hydrogen-bond acceptors (Lipinski definition) is 7. The molecule has 0 saturated carbocycles. The molecular formula is C23H24F2N6O3. The molecule has 2 unspecified atom stereocenters. The fraction of sp³-hybridized carbons (Fsp3) is 0.348. The standard InChI is InChI=1S/C23H24F2N6O3/c1-11-14(8-29-22-21(11)27-3-5-34-22)13-6-12-7-18(28-9-15(12)20(26)19(13)25)31-23(32)30-17-2-4-33-10-16(17)24/h6-9,16-17,27H,2-5,10,26H2,1H3,(H2,28,30,31,32). The van der Waals surface area contributed by atoms with E-state index in [0.717, 1.165) is 11.3 Å². The zero-order chi connectivity index (χ0) is 23.8. The normalized spacial score (nSPS) is 19.6. The molecule has 2 aliphatic rings. The first kappa shape index (κ1) is 22.1. The zero-order valence-electron chi connectivity index (χ0n) is 18.5. The van der Waals surface area contributed by atoms with Crippen molar-refractivity contribution < 1.29 is 23.0 Å². The molecule has 34 heavy (non-hydrogen) atoms. The summed E-state index contributed by atoms with van der Waals surface area (Å²) >= 11 is 0. The van der Waals surface area contributed by atoms with Crippen LogP contribution in [0.25, 0.3) is 21.9 Å². The molecule has 5 N–H and O–H groups in total. The quantitative estimate of drug-likeness (QED) is 0.433. The maximum Gasteiger partial charge on any atom is 0.320 e. The summed E-state index contributed by atoms with van der Waals surface area (Å²) in [5.41, 5.74) is 8.39. The Bertz CT molecular complexity index is 1270. The van der Waals surface area contributed by atoms with Gasteiger partial charge in [0.2, 0.25) is 5.88 Å². The Morgan fingerprint density at radius 2 is 2.09 bits per heavy atom. The van der Waals surface area contributed by atoms with Gasteiger partial charge in [-0.3, -0.25) is 5.32 Å². The van der Waals surface area contributed by atoms with Gasteiger partial charge in [0.25, 0.3) is 0 Å². The fourth-order valence-corrected chi connectivity index (χ4v) is 4.24. The highest BCUT2D eigenvalue weighted by Crippen LogP contribution is 2.39. The Morgan fingerprint density at radius 3 is 2.91 bits per heavy atom. The maximum atomic E-state index is 15.3. The van der Waals surface area contributed by atoms with Gasteiger partial charge in [0, 0.05) is 42.1 Å². The topological polar surface area (TPSA) is 123 Å². The number of urea groups is 1. The molecule has 5 rings (SSSR count). The summed E-state index contributed by atoms with van der Waals surface area (Å²) in [5.74, 6) is 0.117. The number of fused-ring (bicyclic) bond motifs is 2. The summed E-state index contributed by atoms with van der Waals surface area (Å²) in [6.45, 7) is 3.32. The molecule has 2 aromatic heterocycles. The summed E-state index contributed by atoms with van der Waals surface area (Å²) in [5, 5.41) is 9.43. The molecule has 1 aromatic carbocycles. The number of ether oxygens (including phenoxy) is 2. The number of nitrogens with one attached hydrogen (secondary N) is 3. The summed E-state index contributed by atoms with van der Waals surface area (Å²) < 4.78 is 39.8. The SMILES string of the molecule is Cc1c(-c2cc3cc(NC(=O)NC4CCOCC4F)ncc3c(N)c2F)cnc2c1NCCO2. The minimum atomic E-state index is -1.28. The predicted octanol–water partition coefficient (Wildman–Crippen LogP) is 3.38. The number of nitrogens with zero attached hydrogens (tertiary/aromatic N) is 2. The number of hydrogen-bond donors (Lipinski definition) is 4. The lowest BCUT2D eigenvalue weighted by Crippen LogP contribution is -2.48. The van der Waals surface area contributed by atoms with E-state index in [0.29, 0.717) is 48.4 Å². The van der Waals surface area contributed by atoms with E-state index in [9.17, 15) is 9.18 Å². The summed E-state index contributed by atoms with van der Waals surface area (Å²) in [4.78, 5) is 20.9. The van der Waals surface area contributed by atoms with E-state index in [4.69, 9.17) is 15.2 Å². The smallest absolute Gasteiger partial charge is 0.320 e. The minimum absolute atomic E-state index is 0.0502. The van der Waals surface area contributed by atoms with Crippen LogP contribution in [0.3, 0.4) is 0 Å². The number of anilines is 3. The van der Waals surface area contributed by atoms with Gasteiger partial charge in [-0.15, -0.1) is 0 Å². The lowest BCUT2D eigenvalue weighted by molar-refractivity contribution is 0.0173. The van der Waals surface area contributed by atoms with Crippen LogP contribution in [0.1, 0.15) is 12.0 Å². The third-order valence-electron chi connectivity index (χ3n) is 6.08. The third kappa shape index (κ3) is 4.03. The number of rotatable bonds is 3. The first-order valence-corrected chi connectivity index (χ1v) is 11.0. The lowest BCUT2D eigenvalue weighted by Gasteiger charge is -2.26. The largest absolute Gasteiger partial charge is 0.474 e. The van der Waals surface area contributed by atoms with Gasteiger partial charge in [0.15, 0.2) is 5.82 Å². The van der Waals surface area contributed by atoms with E-state index in [-0.39, 0.29) is 23.7 Å². The van der Waals surface area contributed by atoms with Crippen molar-refractivity contribution in [1.82, 2.24) is 15.3 Å². The van der Waals surface area contributed by atoms with E-state index in [1.165, 1.54) is 6.20 Å². The molecule has 2 amide bonds. The van der Waals surface area contributed by atoms with Crippen LogP contribution in [0, 0.1) is 12.7 Å². The number of alkyl halides is 1. The molecule has 178 valence electrons. The van der Waals surface area contributed by atoms with Crippen molar-refractivity contribution in [2.45, 2.75) is 25.6 Å². The minimum Gasteiger partial charge on any atom is -0.474 e. The number of benzene rings is 1. The van der Waals surface area contributed by atoms with E-state index < -0.39 is 24.1 Å². The highest BCUT2D eigenvalue weighted by Gasteiger charge is 2.27. The maximum absolute atomic E-state index is 15.3. The van der Waals surface area contributed by atoms with E-state index in [1.807, 2.05) is 6.92 Å². The lowest BCUT2D eigenvalue weighted by atomic mass is 9.97. The summed E-state index contributed by atoms with van der Waals surface area (Å²) in [6, 6.07) is 2.01. The van der Waals surface area contributed by atoms with Crippen LogP contribution in [-0.2, 0) is 4.74 Å². The van der Waals surface area contributed by atoms with Crippen molar-refractivity contribution in [2.24, 2.45) is 0 Å². The van der Waals surface area contributed by atoms with E-state index in [2.05, 4.69) is 25.9 Å². The van der Waals surface area contributed by atoms with Gasteiger partial charge in [-0.25, -0.2) is 23.5 Å². The first-order chi connectivity index (χ1) is 16.4. The van der Waals surface area contributed by atoms with Gasteiger partial charge >= 0.3 is 6.03 Å². The number of amides is 2. The van der Waals surface area contributed by atoms with Gasteiger partial charge in [0.05, 0.1) is 18.3 Å². The molecule has 3 aromatic rings. The molecule has 0 spiro atoms. The second-order valence-electron chi connectivity index (χ2n) is 8.28. The van der Waals surface area contributed by atoms with Crippen LogP contribution < -0.4 is 26.4 Å². The van der Waals surface area contributed by atoms with E-state index >= 15 is 4.39 Å². The molecule has 4 heterocycles. The molecule has 2 aliphatic heterocycles. The monoisotopic (exact) mass is 470 g/mol. The van der Waals surface area contributed by atoms with Crippen molar-refractivity contribution in [2.75, 3.05) is 42.7 Å². The van der Waals surface area contributed by atoms with Crippen molar-refractivity contribution in [3.05, 3.63) is 35.9 Å². The highest BCUT2D eigenvalue weighted by atomic mass is 19.1. The Kier molecular flexibility index (Phi) is 5.78. The van der Waals surface area contributed by atoms with Crippen molar-refractivity contribution in [1.29, 1.82) is 0 Å². The Morgan fingerprint density at radius 1 is 1.24 bits per heavy atom. The predicted molar refractivity (Wildman–Crippen MR) is 124 cm³/mol. The van der Waals surface area contributed by atoms with Crippen LogP contribution in [0.2, 0.25) is 0 Å². The van der Waals surface area contributed by atoms with Crippen molar-refractivity contribution >= 4 is 34.0 Å². The fourth-order valence-electron chi connectivity index (χ4n) is 4.24. The number of pyridine rings is 2. The number of carbonyl (C=O) groups is 1. The van der Waals surface area contributed by atoms with Gasteiger partial charge in [0.1, 0.15) is 24.3 Å². The van der Waals surface area contributed by atoms with Crippen LogP contribution in [0.4, 0.5) is 30.8 Å². The molecule has 2 atom stereocenters. The van der Waals surface area contributed by atoms with E-state index in [1.54, 1.807) is 18.3 Å². The van der Waals surface area contributed by atoms with Gasteiger partial charge < -0.3 is 25.8 Å². The molecule has 1 saturated heterocycles. The Balaban J connectivity index is 1.46. The highest BCUT2D eigenvalue weighted by molar-refractivity contribution is 6.00. The van der Waals surface area contributed by atoms with Gasteiger partial charge in [-0.2, -0.15) is 0 Å². The number of carbonyl (C=O) groups excluding carboxylic acids is 1. The second-order valence-corrected chi connectivity index (χ2v) is 8.28. The average Bonchev–Trinajstić information content (AvgIpc) is 2.83. The first-order valence-electron chi connectivity index (χ1n) is 11.0. The van der Waals surface area contributed by atoms with Gasteiger partial charge in [-0.1, -0.05) is 0 Å². The molecule has 0 radical (unpaired) electrons. The number of aromatic nitrogens is 2. The van der Waals surface area contributed by atoms with Crippen LogP contribution >= 0.6 is 0 Å². The summed E-state index contributed by atoms with van der Waals surface area (Å²) in [6.07, 6.45) is 2.06. The summed E-state index contributed by atoms with van der Waals surface area (Å²) in [7, 11) is 0. The number of nitrogen functional groups attached to an aromatic ring is 1. The molecule has 0 bridgehead atoms. The van der Waals surface area contributed by atoms with Gasteiger partial charge in [-0.05, 0) is 36.4 Å². The molecule has 9 nitrogen and oxygen atoms in total. The van der Waals surface area contributed by atoms with Crippen LogP contribution in [-0.4, -0.2) is 54.6 Å². The van der Waals surface area contributed by atoms with Crippen LogP contribution in [0.5, 0.6) is 5.88 Å². The van der Waals surface area contributed by atoms with Crippen molar-refractivity contribution in [3.8, 4) is 17.0 Å². The Labute approximate surface area is 194 Å². The number of nitrogens with two attached hydrogens (primary N) is 1. The van der Waals surface area contributed by atoms with Crippen molar-refractivity contribution in [3.63, 3.8) is 0 Å². The molecule has 0 aliphatic carbocycles. The Hall–Kier alpha value is -3.73. The molecule has 1 fully saturated rings. The molecular weight excluding hydrogens is 446 g/mol. The zero-order valence-corrected chi connectivity index (χ0v) is 18.5. The average molecular weight is 470 g/mol. The second kappa shape index (κ2) is 8.90. The molecule has 11 heteroatoms. The van der Waals surface area contributed by atoms with Crippen LogP contribution in [0.15, 0.2) is 24.5 Å².